The Labute approximate surface area is 144 Å². The molecule has 0 radical (unpaired) electrons. The third-order valence-corrected chi connectivity index (χ3v) is 3.45. The minimum atomic E-state index is -0.427. The number of carbonyl (C=O) groups excluding carboxylic acids is 1. The van der Waals surface area contributed by atoms with Gasteiger partial charge in [-0.05, 0) is 35.9 Å². The largest absolute Gasteiger partial charge is 0.497 e. The van der Waals surface area contributed by atoms with Gasteiger partial charge < -0.3 is 20.1 Å². The molecule has 0 fully saturated rings. The van der Waals surface area contributed by atoms with Crippen molar-refractivity contribution in [2.24, 2.45) is 0 Å². The SMILES string of the molecule is COc1ccc(CNC(=O)NCCOc2ccc(F)cc2Cl)cc1. The molecule has 0 saturated carbocycles. The molecule has 0 heterocycles. The minimum absolute atomic E-state index is 0.193. The average Bonchev–Trinajstić information content (AvgIpc) is 2.59. The summed E-state index contributed by atoms with van der Waals surface area (Å²) in [6.45, 7) is 0.921. The summed E-state index contributed by atoms with van der Waals surface area (Å²) in [4.78, 5) is 11.7. The molecule has 2 N–H and O–H groups in total. The zero-order valence-corrected chi connectivity index (χ0v) is 13.9. The van der Waals surface area contributed by atoms with Crippen molar-refractivity contribution >= 4 is 17.6 Å². The Morgan fingerprint density at radius 2 is 1.92 bits per heavy atom. The monoisotopic (exact) mass is 352 g/mol. The first-order chi connectivity index (χ1) is 11.6. The normalized spacial score (nSPS) is 10.1. The predicted molar refractivity (Wildman–Crippen MR) is 90.1 cm³/mol. The van der Waals surface area contributed by atoms with E-state index in [1.807, 2.05) is 24.3 Å². The van der Waals surface area contributed by atoms with Gasteiger partial charge in [-0.15, -0.1) is 0 Å². The number of urea groups is 1. The van der Waals surface area contributed by atoms with Gasteiger partial charge in [0.15, 0.2) is 0 Å². The Bertz CT molecular complexity index is 680. The van der Waals surface area contributed by atoms with Gasteiger partial charge in [-0.3, -0.25) is 0 Å². The summed E-state index contributed by atoms with van der Waals surface area (Å²) in [6, 6.07) is 11.0. The highest BCUT2D eigenvalue weighted by Crippen LogP contribution is 2.24. The lowest BCUT2D eigenvalue weighted by Crippen LogP contribution is -2.37. The molecule has 5 nitrogen and oxygen atoms in total. The third kappa shape index (κ3) is 5.62. The molecular formula is C17H18ClFN2O3. The van der Waals surface area contributed by atoms with E-state index in [0.717, 1.165) is 11.3 Å². The molecule has 24 heavy (non-hydrogen) atoms. The molecule has 128 valence electrons. The number of benzene rings is 2. The maximum Gasteiger partial charge on any atom is 0.315 e. The lowest BCUT2D eigenvalue weighted by molar-refractivity contribution is 0.236. The van der Waals surface area contributed by atoms with Crippen molar-refractivity contribution < 1.29 is 18.7 Å². The van der Waals surface area contributed by atoms with E-state index in [1.165, 1.54) is 18.2 Å². The van der Waals surface area contributed by atoms with E-state index >= 15 is 0 Å². The van der Waals surface area contributed by atoms with Crippen LogP contribution in [0.5, 0.6) is 11.5 Å². The molecule has 0 saturated heterocycles. The zero-order chi connectivity index (χ0) is 17.4. The molecule has 2 aromatic carbocycles. The van der Waals surface area contributed by atoms with E-state index in [9.17, 15) is 9.18 Å². The Morgan fingerprint density at radius 3 is 2.58 bits per heavy atom. The van der Waals surface area contributed by atoms with Crippen LogP contribution in [0.3, 0.4) is 0 Å². The molecule has 2 rings (SSSR count). The molecule has 0 bridgehead atoms. The predicted octanol–water partition coefficient (Wildman–Crippen LogP) is 3.37. The highest BCUT2D eigenvalue weighted by atomic mass is 35.5. The Hall–Kier alpha value is -2.47. The van der Waals surface area contributed by atoms with E-state index in [0.29, 0.717) is 18.8 Å². The summed E-state index contributed by atoms with van der Waals surface area (Å²) in [7, 11) is 1.60. The van der Waals surface area contributed by atoms with Crippen molar-refractivity contribution in [2.75, 3.05) is 20.3 Å². The summed E-state index contributed by atoms with van der Waals surface area (Å²) >= 11 is 5.84. The van der Waals surface area contributed by atoms with Crippen molar-refractivity contribution in [1.82, 2.24) is 10.6 Å². The molecule has 0 aliphatic carbocycles. The third-order valence-electron chi connectivity index (χ3n) is 3.15. The fourth-order valence-corrected chi connectivity index (χ4v) is 2.13. The van der Waals surface area contributed by atoms with Crippen LogP contribution in [0.15, 0.2) is 42.5 Å². The fourth-order valence-electron chi connectivity index (χ4n) is 1.91. The molecule has 7 heteroatoms. The number of nitrogens with one attached hydrogen (secondary N) is 2. The minimum Gasteiger partial charge on any atom is -0.497 e. The molecular weight excluding hydrogens is 335 g/mol. The van der Waals surface area contributed by atoms with Crippen LogP contribution >= 0.6 is 11.6 Å². The standard InChI is InChI=1S/C17H18ClFN2O3/c1-23-14-5-2-12(3-6-14)11-21-17(22)20-8-9-24-16-7-4-13(19)10-15(16)18/h2-7,10H,8-9,11H2,1H3,(H2,20,21,22). The van der Waals surface area contributed by atoms with Gasteiger partial charge in [-0.1, -0.05) is 23.7 Å². The Balaban J connectivity index is 1.65. The number of methoxy groups -OCH3 is 1. The molecule has 0 atom stereocenters. The lowest BCUT2D eigenvalue weighted by atomic mass is 10.2. The number of carbonyl (C=O) groups is 1. The summed E-state index contributed by atoms with van der Waals surface area (Å²) < 4.78 is 23.3. The Kier molecular flexibility index (Phi) is 6.69. The molecule has 0 aromatic heterocycles. The number of amides is 2. The van der Waals surface area contributed by atoms with E-state index in [4.69, 9.17) is 21.1 Å². The van der Waals surface area contributed by atoms with Gasteiger partial charge in [-0.25, -0.2) is 9.18 Å². The van der Waals surface area contributed by atoms with Crippen molar-refractivity contribution in [3.8, 4) is 11.5 Å². The summed E-state index contributed by atoms with van der Waals surface area (Å²) in [6.07, 6.45) is 0. The van der Waals surface area contributed by atoms with Crippen LogP contribution in [-0.2, 0) is 6.54 Å². The van der Waals surface area contributed by atoms with Crippen LogP contribution in [0.2, 0.25) is 5.02 Å². The summed E-state index contributed by atoms with van der Waals surface area (Å²) in [5, 5.41) is 5.59. The van der Waals surface area contributed by atoms with Crippen molar-refractivity contribution in [3.05, 3.63) is 58.9 Å². The van der Waals surface area contributed by atoms with E-state index < -0.39 is 5.82 Å². The number of ether oxygens (including phenoxy) is 2. The second kappa shape index (κ2) is 8.98. The van der Waals surface area contributed by atoms with E-state index in [-0.39, 0.29) is 17.7 Å². The number of hydrogen-bond acceptors (Lipinski definition) is 3. The van der Waals surface area contributed by atoms with Gasteiger partial charge in [0.1, 0.15) is 23.9 Å². The number of rotatable bonds is 7. The Morgan fingerprint density at radius 1 is 1.17 bits per heavy atom. The van der Waals surface area contributed by atoms with Gasteiger partial charge >= 0.3 is 6.03 Å². The quantitative estimate of drug-likeness (QED) is 0.751. The average molecular weight is 353 g/mol. The maximum absolute atomic E-state index is 12.9. The van der Waals surface area contributed by atoms with Gasteiger partial charge in [0.2, 0.25) is 0 Å². The highest BCUT2D eigenvalue weighted by Gasteiger charge is 2.04. The van der Waals surface area contributed by atoms with Crippen LogP contribution in [0.4, 0.5) is 9.18 Å². The van der Waals surface area contributed by atoms with Crippen LogP contribution in [-0.4, -0.2) is 26.3 Å². The first-order valence-corrected chi connectivity index (χ1v) is 7.69. The molecule has 2 aromatic rings. The second-order valence-electron chi connectivity index (χ2n) is 4.88. The molecule has 0 aliphatic heterocycles. The topological polar surface area (TPSA) is 59.6 Å². The van der Waals surface area contributed by atoms with Gasteiger partial charge in [0, 0.05) is 6.54 Å². The number of halogens is 2. The molecule has 0 aliphatic rings. The zero-order valence-electron chi connectivity index (χ0n) is 13.1. The van der Waals surface area contributed by atoms with Crippen LogP contribution in [0.25, 0.3) is 0 Å². The van der Waals surface area contributed by atoms with E-state index in [1.54, 1.807) is 7.11 Å². The molecule has 2 amide bonds. The molecule has 0 spiro atoms. The highest BCUT2D eigenvalue weighted by molar-refractivity contribution is 6.32. The number of hydrogen-bond donors (Lipinski definition) is 2. The summed E-state index contributed by atoms with van der Waals surface area (Å²) in [5.74, 6) is 0.710. The first-order valence-electron chi connectivity index (χ1n) is 7.31. The maximum atomic E-state index is 12.9. The first kappa shape index (κ1) is 17.9. The van der Waals surface area contributed by atoms with E-state index in [2.05, 4.69) is 10.6 Å². The lowest BCUT2D eigenvalue weighted by Gasteiger charge is -2.10. The summed E-state index contributed by atoms with van der Waals surface area (Å²) in [5.41, 5.74) is 0.959. The second-order valence-corrected chi connectivity index (χ2v) is 5.29. The molecule has 0 unspecified atom stereocenters. The smallest absolute Gasteiger partial charge is 0.315 e. The van der Waals surface area contributed by atoms with Crippen LogP contribution in [0, 0.1) is 5.82 Å². The van der Waals surface area contributed by atoms with Gasteiger partial charge in [0.25, 0.3) is 0 Å². The van der Waals surface area contributed by atoms with Crippen molar-refractivity contribution in [1.29, 1.82) is 0 Å². The van der Waals surface area contributed by atoms with Gasteiger partial charge in [0.05, 0.1) is 18.7 Å². The fraction of sp³-hybridized carbons (Fsp3) is 0.235. The van der Waals surface area contributed by atoms with Crippen molar-refractivity contribution in [3.63, 3.8) is 0 Å². The van der Waals surface area contributed by atoms with Crippen LogP contribution in [0.1, 0.15) is 5.56 Å². The van der Waals surface area contributed by atoms with Crippen LogP contribution < -0.4 is 20.1 Å². The van der Waals surface area contributed by atoms with Gasteiger partial charge in [-0.2, -0.15) is 0 Å². The van der Waals surface area contributed by atoms with Crippen molar-refractivity contribution in [2.45, 2.75) is 6.54 Å².